The maximum Gasteiger partial charge on any atom is 0.0234 e. The van der Waals surface area contributed by atoms with Crippen molar-refractivity contribution in [1.29, 1.82) is 0 Å². The first-order valence-corrected chi connectivity index (χ1v) is 6.26. The molecule has 2 rings (SSSR count). The van der Waals surface area contributed by atoms with Gasteiger partial charge in [-0.15, -0.1) is 12.4 Å². The fraction of sp³-hybridized carbons (Fsp3) is 0.500. The van der Waals surface area contributed by atoms with Gasteiger partial charge in [-0.2, -0.15) is 0 Å². The minimum absolute atomic E-state index is 0. The molecule has 1 heterocycles. The Morgan fingerprint density at radius 2 is 2.25 bits per heavy atom. The van der Waals surface area contributed by atoms with Gasteiger partial charge in [-0.05, 0) is 37.1 Å². The van der Waals surface area contributed by atoms with Gasteiger partial charge in [0.15, 0.2) is 0 Å². The highest BCUT2D eigenvalue weighted by atomic mass is 79.9. The Bertz CT molecular complexity index is 333. The first-order valence-electron chi connectivity index (χ1n) is 5.46. The van der Waals surface area contributed by atoms with E-state index in [1.54, 1.807) is 0 Å². The molecule has 0 amide bonds. The molecule has 1 aliphatic rings. The molecule has 2 N–H and O–H groups in total. The maximum absolute atomic E-state index is 5.96. The van der Waals surface area contributed by atoms with Crippen LogP contribution in [0.5, 0.6) is 0 Å². The van der Waals surface area contributed by atoms with Gasteiger partial charge in [0, 0.05) is 23.6 Å². The zero-order chi connectivity index (χ0) is 10.7. The van der Waals surface area contributed by atoms with E-state index < -0.39 is 0 Å². The second kappa shape index (κ2) is 6.60. The Hall–Kier alpha value is -0.0900. The van der Waals surface area contributed by atoms with Crippen LogP contribution in [0.4, 0.5) is 0 Å². The molecule has 2 nitrogen and oxygen atoms in total. The van der Waals surface area contributed by atoms with Gasteiger partial charge in [0.2, 0.25) is 0 Å². The summed E-state index contributed by atoms with van der Waals surface area (Å²) in [5.74, 6) is 0. The van der Waals surface area contributed by atoms with Gasteiger partial charge >= 0.3 is 0 Å². The molecule has 0 saturated carbocycles. The van der Waals surface area contributed by atoms with Crippen LogP contribution in [0, 0.1) is 0 Å². The highest BCUT2D eigenvalue weighted by Crippen LogP contribution is 2.16. The molecule has 90 valence electrons. The fourth-order valence-corrected chi connectivity index (χ4v) is 2.58. The number of benzene rings is 1. The number of hydrogen-bond acceptors (Lipinski definition) is 2. The SMILES string of the molecule is Cl.N[C@@H]1CCCN(Cc2cccc(Br)c2)C1. The highest BCUT2D eigenvalue weighted by Gasteiger charge is 2.16. The molecular weight excluding hydrogens is 288 g/mol. The molecule has 1 saturated heterocycles. The molecule has 1 aliphatic heterocycles. The third-order valence-corrected chi connectivity index (χ3v) is 3.33. The minimum Gasteiger partial charge on any atom is -0.327 e. The van der Waals surface area contributed by atoms with Gasteiger partial charge in [-0.1, -0.05) is 28.1 Å². The van der Waals surface area contributed by atoms with Crippen molar-refractivity contribution in [1.82, 2.24) is 4.90 Å². The summed E-state index contributed by atoms with van der Waals surface area (Å²) < 4.78 is 1.15. The van der Waals surface area contributed by atoms with Crippen LogP contribution in [0.25, 0.3) is 0 Å². The van der Waals surface area contributed by atoms with Gasteiger partial charge in [-0.3, -0.25) is 4.90 Å². The van der Waals surface area contributed by atoms with E-state index in [1.807, 2.05) is 0 Å². The summed E-state index contributed by atoms with van der Waals surface area (Å²) in [5.41, 5.74) is 7.32. The first-order chi connectivity index (χ1) is 7.24. The third kappa shape index (κ3) is 4.06. The topological polar surface area (TPSA) is 29.3 Å². The third-order valence-electron chi connectivity index (χ3n) is 2.84. The summed E-state index contributed by atoms with van der Waals surface area (Å²) >= 11 is 3.50. The van der Waals surface area contributed by atoms with Crippen LogP contribution in [0.2, 0.25) is 0 Å². The predicted molar refractivity (Wildman–Crippen MR) is 73.9 cm³/mol. The highest BCUT2D eigenvalue weighted by molar-refractivity contribution is 9.10. The fourth-order valence-electron chi connectivity index (χ4n) is 2.13. The van der Waals surface area contributed by atoms with E-state index in [1.165, 1.54) is 24.9 Å². The number of nitrogens with zero attached hydrogens (tertiary/aromatic N) is 1. The Morgan fingerprint density at radius 3 is 2.94 bits per heavy atom. The van der Waals surface area contributed by atoms with Crippen molar-refractivity contribution in [3.63, 3.8) is 0 Å². The van der Waals surface area contributed by atoms with E-state index in [4.69, 9.17) is 5.73 Å². The summed E-state index contributed by atoms with van der Waals surface area (Å²) in [7, 11) is 0. The Labute approximate surface area is 112 Å². The van der Waals surface area contributed by atoms with E-state index in [2.05, 4.69) is 45.1 Å². The molecule has 1 aromatic rings. The Balaban J connectivity index is 0.00000128. The molecule has 0 aliphatic carbocycles. The van der Waals surface area contributed by atoms with Crippen LogP contribution in [0.3, 0.4) is 0 Å². The van der Waals surface area contributed by atoms with Gasteiger partial charge < -0.3 is 5.73 Å². The molecule has 0 unspecified atom stereocenters. The second-order valence-corrected chi connectivity index (χ2v) is 5.18. The lowest BCUT2D eigenvalue weighted by Gasteiger charge is -2.30. The maximum atomic E-state index is 5.96. The summed E-state index contributed by atoms with van der Waals surface area (Å²) in [5, 5.41) is 0. The minimum atomic E-state index is 0. The van der Waals surface area contributed by atoms with Crippen molar-refractivity contribution in [3.8, 4) is 0 Å². The second-order valence-electron chi connectivity index (χ2n) is 4.27. The number of rotatable bonds is 2. The quantitative estimate of drug-likeness (QED) is 0.910. The number of likely N-dealkylation sites (tertiary alicyclic amines) is 1. The van der Waals surface area contributed by atoms with Crippen molar-refractivity contribution < 1.29 is 0 Å². The molecule has 4 heteroatoms. The number of halogens is 2. The van der Waals surface area contributed by atoms with Crippen molar-refractivity contribution in [3.05, 3.63) is 34.3 Å². The lowest BCUT2D eigenvalue weighted by atomic mass is 10.1. The van der Waals surface area contributed by atoms with E-state index in [0.29, 0.717) is 6.04 Å². The Morgan fingerprint density at radius 1 is 1.44 bits per heavy atom. The van der Waals surface area contributed by atoms with E-state index in [0.717, 1.165) is 17.6 Å². The van der Waals surface area contributed by atoms with Crippen LogP contribution in [-0.4, -0.2) is 24.0 Å². The summed E-state index contributed by atoms with van der Waals surface area (Å²) in [6.07, 6.45) is 2.41. The summed E-state index contributed by atoms with van der Waals surface area (Å²) in [6, 6.07) is 8.87. The van der Waals surface area contributed by atoms with Crippen molar-refractivity contribution in [2.45, 2.75) is 25.4 Å². The molecule has 0 spiro atoms. The lowest BCUT2D eigenvalue weighted by molar-refractivity contribution is 0.201. The van der Waals surface area contributed by atoms with Gasteiger partial charge in [0.25, 0.3) is 0 Å². The summed E-state index contributed by atoms with van der Waals surface area (Å²) in [4.78, 5) is 2.44. The zero-order valence-electron chi connectivity index (χ0n) is 9.23. The molecular formula is C12H18BrClN2. The van der Waals surface area contributed by atoms with Gasteiger partial charge in [0.1, 0.15) is 0 Å². The average Bonchev–Trinajstić information content (AvgIpc) is 2.17. The smallest absolute Gasteiger partial charge is 0.0234 e. The summed E-state index contributed by atoms with van der Waals surface area (Å²) in [6.45, 7) is 3.24. The van der Waals surface area contributed by atoms with Crippen LogP contribution >= 0.6 is 28.3 Å². The average molecular weight is 306 g/mol. The number of hydrogen-bond donors (Lipinski definition) is 1. The zero-order valence-corrected chi connectivity index (χ0v) is 11.6. The van der Waals surface area contributed by atoms with Gasteiger partial charge in [0.05, 0.1) is 0 Å². The van der Waals surface area contributed by atoms with Gasteiger partial charge in [-0.25, -0.2) is 0 Å². The molecule has 1 atom stereocenters. The molecule has 0 radical (unpaired) electrons. The van der Waals surface area contributed by atoms with Crippen molar-refractivity contribution in [2.75, 3.05) is 13.1 Å². The normalized spacial score (nSPS) is 21.5. The van der Waals surface area contributed by atoms with Crippen LogP contribution in [0.1, 0.15) is 18.4 Å². The standard InChI is InChI=1S/C12H17BrN2.ClH/c13-11-4-1-3-10(7-11)8-15-6-2-5-12(14)9-15;/h1,3-4,7,12H,2,5-6,8-9,14H2;1H/t12-;/m1./s1. The van der Waals surface area contributed by atoms with E-state index >= 15 is 0 Å². The van der Waals surface area contributed by atoms with E-state index in [-0.39, 0.29) is 12.4 Å². The molecule has 16 heavy (non-hydrogen) atoms. The van der Waals surface area contributed by atoms with Crippen LogP contribution in [0.15, 0.2) is 28.7 Å². The molecule has 1 aromatic carbocycles. The van der Waals surface area contributed by atoms with E-state index in [9.17, 15) is 0 Å². The largest absolute Gasteiger partial charge is 0.327 e. The van der Waals surface area contributed by atoms with Crippen LogP contribution in [-0.2, 0) is 6.54 Å². The number of nitrogens with two attached hydrogens (primary N) is 1. The van der Waals surface area contributed by atoms with Crippen molar-refractivity contribution >= 4 is 28.3 Å². The lowest BCUT2D eigenvalue weighted by Crippen LogP contribution is -2.42. The molecule has 0 bridgehead atoms. The molecule has 1 fully saturated rings. The monoisotopic (exact) mass is 304 g/mol. The van der Waals surface area contributed by atoms with Crippen LogP contribution < -0.4 is 5.73 Å². The van der Waals surface area contributed by atoms with Crippen molar-refractivity contribution in [2.24, 2.45) is 5.73 Å². The molecule has 0 aromatic heterocycles. The predicted octanol–water partition coefficient (Wildman–Crippen LogP) is 2.79. The first kappa shape index (κ1) is 14.0. The Kier molecular flexibility index (Phi) is 5.76. The number of piperidine rings is 1.